The number of aliphatic hydroxyl groups excluding tert-OH is 1. The maximum absolute atomic E-state index is 9.20. The first-order valence-electron chi connectivity index (χ1n) is 5.23. The van der Waals surface area contributed by atoms with E-state index in [1.807, 2.05) is 44.2 Å². The van der Waals surface area contributed by atoms with E-state index in [9.17, 15) is 5.11 Å². The van der Waals surface area contributed by atoms with Crippen molar-refractivity contribution in [2.45, 2.75) is 32.7 Å². The van der Waals surface area contributed by atoms with Crippen molar-refractivity contribution in [2.75, 3.05) is 6.61 Å². The van der Waals surface area contributed by atoms with Crippen molar-refractivity contribution in [3.05, 3.63) is 30.3 Å². The number of benzene rings is 1. The van der Waals surface area contributed by atoms with Crippen molar-refractivity contribution >= 4 is 0 Å². The van der Waals surface area contributed by atoms with E-state index in [1.54, 1.807) is 0 Å². The molecule has 2 unspecified atom stereocenters. The van der Waals surface area contributed by atoms with Crippen LogP contribution in [-0.4, -0.2) is 24.1 Å². The van der Waals surface area contributed by atoms with E-state index in [0.717, 1.165) is 5.75 Å². The number of hydrogen-bond donors (Lipinski definition) is 1. The molecule has 1 aromatic carbocycles. The van der Waals surface area contributed by atoms with E-state index in [-0.39, 0.29) is 6.10 Å². The van der Waals surface area contributed by atoms with Gasteiger partial charge in [-0.15, -0.1) is 0 Å². The van der Waals surface area contributed by atoms with Crippen molar-refractivity contribution in [3.63, 3.8) is 0 Å². The Hall–Kier alpha value is -1.06. The van der Waals surface area contributed by atoms with Crippen LogP contribution in [0.4, 0.5) is 0 Å². The highest BCUT2D eigenvalue weighted by molar-refractivity contribution is 5.21. The molecule has 1 N–H and O–H groups in total. The van der Waals surface area contributed by atoms with Crippen LogP contribution in [-0.2, 0) is 4.74 Å². The van der Waals surface area contributed by atoms with Crippen molar-refractivity contribution in [3.8, 4) is 5.75 Å². The third-order valence-electron chi connectivity index (χ3n) is 1.95. The molecule has 0 aliphatic carbocycles. The smallest absolute Gasteiger partial charge is 0.154 e. The average Bonchev–Trinajstić information content (AvgIpc) is 2.27. The SMILES string of the molecule is CCC(O)OCC(C)Oc1ccccc1. The van der Waals surface area contributed by atoms with Gasteiger partial charge in [-0.05, 0) is 25.5 Å². The normalized spacial score (nSPS) is 14.6. The van der Waals surface area contributed by atoms with Crippen LogP contribution in [0.1, 0.15) is 20.3 Å². The van der Waals surface area contributed by atoms with Crippen LogP contribution in [0.15, 0.2) is 30.3 Å². The molecule has 2 atom stereocenters. The zero-order chi connectivity index (χ0) is 11.1. The lowest BCUT2D eigenvalue weighted by Gasteiger charge is -2.16. The van der Waals surface area contributed by atoms with Crippen LogP contribution >= 0.6 is 0 Å². The standard InChI is InChI=1S/C12H18O3/c1-3-12(13)14-9-10(2)15-11-7-5-4-6-8-11/h4-8,10,12-13H,3,9H2,1-2H3. The van der Waals surface area contributed by atoms with Gasteiger partial charge >= 0.3 is 0 Å². The lowest BCUT2D eigenvalue weighted by atomic mass is 10.3. The first-order chi connectivity index (χ1) is 7.22. The Morgan fingerprint density at radius 2 is 1.93 bits per heavy atom. The molecule has 0 spiro atoms. The van der Waals surface area contributed by atoms with Crippen molar-refractivity contribution in [1.82, 2.24) is 0 Å². The van der Waals surface area contributed by atoms with E-state index < -0.39 is 6.29 Å². The van der Waals surface area contributed by atoms with Crippen LogP contribution in [0, 0.1) is 0 Å². The summed E-state index contributed by atoms with van der Waals surface area (Å²) in [6, 6.07) is 9.57. The van der Waals surface area contributed by atoms with Gasteiger partial charge in [-0.2, -0.15) is 0 Å². The fraction of sp³-hybridized carbons (Fsp3) is 0.500. The van der Waals surface area contributed by atoms with Crippen molar-refractivity contribution in [1.29, 1.82) is 0 Å². The first kappa shape index (κ1) is 12.0. The predicted molar refractivity (Wildman–Crippen MR) is 58.8 cm³/mol. The molecule has 0 amide bonds. The second-order valence-electron chi connectivity index (χ2n) is 3.44. The highest BCUT2D eigenvalue weighted by atomic mass is 16.6. The van der Waals surface area contributed by atoms with E-state index in [1.165, 1.54) is 0 Å². The molecule has 84 valence electrons. The third-order valence-corrected chi connectivity index (χ3v) is 1.95. The highest BCUT2D eigenvalue weighted by Crippen LogP contribution is 2.11. The second-order valence-corrected chi connectivity index (χ2v) is 3.44. The minimum Gasteiger partial charge on any atom is -0.488 e. The zero-order valence-corrected chi connectivity index (χ0v) is 9.22. The summed E-state index contributed by atoms with van der Waals surface area (Å²) >= 11 is 0. The predicted octanol–water partition coefficient (Wildman–Crippen LogP) is 2.20. The Balaban J connectivity index is 2.27. The number of hydrogen-bond acceptors (Lipinski definition) is 3. The van der Waals surface area contributed by atoms with Gasteiger partial charge in [0.1, 0.15) is 11.9 Å². The molecule has 0 fully saturated rings. The summed E-state index contributed by atoms with van der Waals surface area (Å²) in [7, 11) is 0. The molecule has 1 rings (SSSR count). The Kier molecular flexibility index (Phi) is 5.15. The average molecular weight is 210 g/mol. The van der Waals surface area contributed by atoms with Crippen molar-refractivity contribution < 1.29 is 14.6 Å². The Labute approximate surface area is 90.6 Å². The Bertz CT molecular complexity index is 261. The molecule has 0 radical (unpaired) electrons. The van der Waals surface area contributed by atoms with Gasteiger partial charge in [0, 0.05) is 0 Å². The molecule has 0 aliphatic rings. The molecule has 0 aliphatic heterocycles. The van der Waals surface area contributed by atoms with Gasteiger partial charge in [0.2, 0.25) is 0 Å². The van der Waals surface area contributed by atoms with Crippen LogP contribution in [0.3, 0.4) is 0 Å². The maximum Gasteiger partial charge on any atom is 0.154 e. The Morgan fingerprint density at radius 1 is 1.27 bits per heavy atom. The van der Waals surface area contributed by atoms with Crippen LogP contribution in [0.5, 0.6) is 5.75 Å². The third kappa shape index (κ3) is 4.81. The number of para-hydroxylation sites is 1. The van der Waals surface area contributed by atoms with E-state index in [4.69, 9.17) is 9.47 Å². The van der Waals surface area contributed by atoms with Gasteiger partial charge in [-0.1, -0.05) is 25.1 Å². The van der Waals surface area contributed by atoms with Gasteiger partial charge in [0.05, 0.1) is 6.61 Å². The highest BCUT2D eigenvalue weighted by Gasteiger charge is 2.07. The molecule has 15 heavy (non-hydrogen) atoms. The van der Waals surface area contributed by atoms with Crippen LogP contribution in [0.25, 0.3) is 0 Å². The molecule has 0 heterocycles. The minimum atomic E-state index is -0.688. The molecule has 0 bridgehead atoms. The molecule has 0 saturated heterocycles. The van der Waals surface area contributed by atoms with Crippen LogP contribution < -0.4 is 4.74 Å². The molecular formula is C12H18O3. The fourth-order valence-electron chi connectivity index (χ4n) is 1.13. The van der Waals surface area contributed by atoms with Gasteiger partial charge in [-0.3, -0.25) is 0 Å². The quantitative estimate of drug-likeness (QED) is 0.731. The van der Waals surface area contributed by atoms with Gasteiger partial charge in [0.25, 0.3) is 0 Å². The van der Waals surface area contributed by atoms with E-state index in [0.29, 0.717) is 13.0 Å². The molecule has 3 heteroatoms. The monoisotopic (exact) mass is 210 g/mol. The first-order valence-corrected chi connectivity index (χ1v) is 5.23. The topological polar surface area (TPSA) is 38.7 Å². The lowest BCUT2D eigenvalue weighted by Crippen LogP contribution is -2.23. The summed E-state index contributed by atoms with van der Waals surface area (Å²) in [6.07, 6.45) is -0.154. The summed E-state index contributed by atoms with van der Waals surface area (Å²) in [4.78, 5) is 0. The van der Waals surface area contributed by atoms with Gasteiger partial charge in [0.15, 0.2) is 6.29 Å². The lowest BCUT2D eigenvalue weighted by molar-refractivity contribution is -0.116. The molecule has 0 saturated carbocycles. The largest absolute Gasteiger partial charge is 0.488 e. The van der Waals surface area contributed by atoms with Crippen molar-refractivity contribution in [2.24, 2.45) is 0 Å². The van der Waals surface area contributed by atoms with Gasteiger partial charge in [-0.25, -0.2) is 0 Å². The molecule has 3 nitrogen and oxygen atoms in total. The molecular weight excluding hydrogens is 192 g/mol. The molecule has 1 aromatic rings. The Morgan fingerprint density at radius 3 is 2.53 bits per heavy atom. The molecule has 0 aromatic heterocycles. The number of ether oxygens (including phenoxy) is 2. The minimum absolute atomic E-state index is 0.0615. The summed E-state index contributed by atoms with van der Waals surface area (Å²) in [5.41, 5.74) is 0. The number of aliphatic hydroxyl groups is 1. The van der Waals surface area contributed by atoms with E-state index >= 15 is 0 Å². The second kappa shape index (κ2) is 6.43. The fourth-order valence-corrected chi connectivity index (χ4v) is 1.13. The summed E-state index contributed by atoms with van der Waals surface area (Å²) in [5, 5.41) is 9.20. The van der Waals surface area contributed by atoms with E-state index in [2.05, 4.69) is 0 Å². The zero-order valence-electron chi connectivity index (χ0n) is 9.22. The maximum atomic E-state index is 9.20. The van der Waals surface area contributed by atoms with Gasteiger partial charge < -0.3 is 14.6 Å². The summed E-state index contributed by atoms with van der Waals surface area (Å²) < 4.78 is 10.7. The van der Waals surface area contributed by atoms with Crippen LogP contribution in [0.2, 0.25) is 0 Å². The summed E-state index contributed by atoms with van der Waals surface area (Å²) in [6.45, 7) is 4.17. The summed E-state index contributed by atoms with van der Waals surface area (Å²) in [5.74, 6) is 0.819. The number of rotatable bonds is 6.